The van der Waals surface area contributed by atoms with E-state index in [0.717, 1.165) is 25.3 Å². The molecule has 0 unspecified atom stereocenters. The number of methoxy groups -OCH3 is 1. The average Bonchev–Trinajstić information content (AvgIpc) is 2.42. The van der Waals surface area contributed by atoms with Gasteiger partial charge >= 0.3 is 11.9 Å². The van der Waals surface area contributed by atoms with Crippen molar-refractivity contribution in [3.8, 4) is 0 Å². The number of hydrogen-bond donors (Lipinski definition) is 1. The summed E-state index contributed by atoms with van der Waals surface area (Å²) in [5.41, 5.74) is -0.333. The first-order valence-electron chi connectivity index (χ1n) is 5.67. The largest absolute Gasteiger partial charge is 0.465 e. The van der Waals surface area contributed by atoms with Gasteiger partial charge in [0, 0.05) is 0 Å². The topological polar surface area (TPSA) is 107 Å². The fourth-order valence-corrected chi connectivity index (χ4v) is 1.93. The van der Waals surface area contributed by atoms with Gasteiger partial charge in [0.05, 0.1) is 29.7 Å². The van der Waals surface area contributed by atoms with Gasteiger partial charge < -0.3 is 9.47 Å². The van der Waals surface area contributed by atoms with Crippen LogP contribution in [0.2, 0.25) is 0 Å². The summed E-state index contributed by atoms with van der Waals surface area (Å²) in [5, 5.41) is 0. The SMILES string of the molecule is CCCOC(=O)c1cc(C(=O)OC)cc(S(=O)(=O)O)c1. The fraction of sp³-hybridized carbons (Fsp3) is 0.333. The second-order valence-corrected chi connectivity index (χ2v) is 5.27. The van der Waals surface area contributed by atoms with Crippen molar-refractivity contribution < 1.29 is 32.0 Å². The van der Waals surface area contributed by atoms with Crippen LogP contribution in [0.1, 0.15) is 34.1 Å². The van der Waals surface area contributed by atoms with Gasteiger partial charge in [-0.15, -0.1) is 0 Å². The Morgan fingerprint density at radius 2 is 1.70 bits per heavy atom. The van der Waals surface area contributed by atoms with Crippen molar-refractivity contribution in [2.75, 3.05) is 13.7 Å². The summed E-state index contributed by atoms with van der Waals surface area (Å²) in [5.74, 6) is -1.62. The second-order valence-electron chi connectivity index (χ2n) is 3.85. The molecular formula is C12H14O7S. The predicted octanol–water partition coefficient (Wildman–Crippen LogP) is 1.29. The van der Waals surface area contributed by atoms with Crippen LogP contribution < -0.4 is 0 Å². The van der Waals surface area contributed by atoms with Crippen LogP contribution in [0.25, 0.3) is 0 Å². The molecule has 0 atom stereocenters. The van der Waals surface area contributed by atoms with Gasteiger partial charge in [-0.2, -0.15) is 8.42 Å². The summed E-state index contributed by atoms with van der Waals surface area (Å²) in [6.45, 7) is 1.95. The third-order valence-electron chi connectivity index (χ3n) is 2.30. The van der Waals surface area contributed by atoms with E-state index in [9.17, 15) is 18.0 Å². The van der Waals surface area contributed by atoms with E-state index in [-0.39, 0.29) is 17.7 Å². The summed E-state index contributed by atoms with van der Waals surface area (Å²) < 4.78 is 40.6. The van der Waals surface area contributed by atoms with Crippen molar-refractivity contribution in [3.63, 3.8) is 0 Å². The number of carbonyl (C=O) groups is 2. The van der Waals surface area contributed by atoms with E-state index in [1.54, 1.807) is 6.92 Å². The van der Waals surface area contributed by atoms with E-state index in [1.165, 1.54) is 0 Å². The number of hydrogen-bond acceptors (Lipinski definition) is 6. The molecule has 1 N–H and O–H groups in total. The minimum Gasteiger partial charge on any atom is -0.465 e. The molecule has 0 aliphatic carbocycles. The summed E-state index contributed by atoms with van der Waals surface area (Å²) in [6.07, 6.45) is 0.591. The van der Waals surface area contributed by atoms with Crippen LogP contribution in [-0.2, 0) is 19.6 Å². The lowest BCUT2D eigenvalue weighted by Crippen LogP contribution is -2.11. The minimum atomic E-state index is -4.56. The molecule has 7 nitrogen and oxygen atoms in total. The third kappa shape index (κ3) is 4.04. The van der Waals surface area contributed by atoms with Crippen molar-refractivity contribution in [1.82, 2.24) is 0 Å². The smallest absolute Gasteiger partial charge is 0.338 e. The summed E-state index contributed by atoms with van der Waals surface area (Å²) in [6, 6.07) is 2.98. The Morgan fingerprint density at radius 3 is 2.15 bits per heavy atom. The zero-order valence-electron chi connectivity index (χ0n) is 11.0. The molecular weight excluding hydrogens is 288 g/mol. The standard InChI is InChI=1S/C12H14O7S/c1-3-4-19-12(14)9-5-8(11(13)18-2)6-10(7-9)20(15,16)17/h5-7H,3-4H2,1-2H3,(H,15,16,17). The van der Waals surface area contributed by atoms with Crippen LogP contribution in [0, 0.1) is 0 Å². The molecule has 1 aromatic rings. The lowest BCUT2D eigenvalue weighted by Gasteiger charge is -2.07. The van der Waals surface area contributed by atoms with Gasteiger partial charge in [0.15, 0.2) is 0 Å². The van der Waals surface area contributed by atoms with Crippen molar-refractivity contribution in [1.29, 1.82) is 0 Å². The molecule has 0 spiro atoms. The van der Waals surface area contributed by atoms with E-state index in [0.29, 0.717) is 6.42 Å². The minimum absolute atomic E-state index is 0.155. The van der Waals surface area contributed by atoms with Crippen LogP contribution >= 0.6 is 0 Å². The van der Waals surface area contributed by atoms with Crippen molar-refractivity contribution in [2.45, 2.75) is 18.2 Å². The Morgan fingerprint density at radius 1 is 1.15 bits per heavy atom. The molecule has 1 rings (SSSR count). The molecule has 0 amide bonds. The van der Waals surface area contributed by atoms with Crippen molar-refractivity contribution in [3.05, 3.63) is 29.3 Å². The van der Waals surface area contributed by atoms with E-state index in [4.69, 9.17) is 9.29 Å². The van der Waals surface area contributed by atoms with Gasteiger partial charge in [0.1, 0.15) is 0 Å². The van der Waals surface area contributed by atoms with Gasteiger partial charge in [-0.05, 0) is 24.6 Å². The maximum atomic E-state index is 11.7. The fourth-order valence-electron chi connectivity index (χ4n) is 1.38. The Kier molecular flexibility index (Phi) is 5.23. The zero-order chi connectivity index (χ0) is 15.3. The Labute approximate surface area is 116 Å². The van der Waals surface area contributed by atoms with E-state index in [2.05, 4.69) is 4.74 Å². The zero-order valence-corrected chi connectivity index (χ0v) is 11.8. The van der Waals surface area contributed by atoms with E-state index >= 15 is 0 Å². The number of carbonyl (C=O) groups excluding carboxylic acids is 2. The molecule has 0 aliphatic heterocycles. The van der Waals surface area contributed by atoms with Crippen LogP contribution in [0.5, 0.6) is 0 Å². The molecule has 0 radical (unpaired) electrons. The van der Waals surface area contributed by atoms with Crippen LogP contribution in [0.15, 0.2) is 23.1 Å². The molecule has 0 bridgehead atoms. The highest BCUT2D eigenvalue weighted by atomic mass is 32.2. The third-order valence-corrected chi connectivity index (χ3v) is 3.13. The lowest BCUT2D eigenvalue weighted by molar-refractivity contribution is 0.0505. The van der Waals surface area contributed by atoms with Crippen molar-refractivity contribution in [2.24, 2.45) is 0 Å². The quantitative estimate of drug-likeness (QED) is 0.645. The van der Waals surface area contributed by atoms with Crippen LogP contribution in [-0.4, -0.2) is 38.6 Å². The molecule has 1 aromatic carbocycles. The molecule has 0 saturated carbocycles. The lowest BCUT2D eigenvalue weighted by atomic mass is 10.1. The molecule has 0 aromatic heterocycles. The molecule has 0 fully saturated rings. The van der Waals surface area contributed by atoms with Gasteiger partial charge in [-0.3, -0.25) is 4.55 Å². The normalized spacial score (nSPS) is 10.9. The molecule has 0 heterocycles. The van der Waals surface area contributed by atoms with Crippen molar-refractivity contribution >= 4 is 22.1 Å². The Balaban J connectivity index is 3.30. The number of rotatable bonds is 5. The molecule has 20 heavy (non-hydrogen) atoms. The average molecular weight is 302 g/mol. The maximum Gasteiger partial charge on any atom is 0.338 e. The van der Waals surface area contributed by atoms with E-state index in [1.807, 2.05) is 0 Å². The monoisotopic (exact) mass is 302 g/mol. The van der Waals surface area contributed by atoms with Gasteiger partial charge in [-0.25, -0.2) is 9.59 Å². The van der Waals surface area contributed by atoms with Gasteiger partial charge in [-0.1, -0.05) is 6.92 Å². The number of ether oxygens (including phenoxy) is 2. The predicted molar refractivity (Wildman–Crippen MR) is 68.2 cm³/mol. The first kappa shape index (κ1) is 16.1. The van der Waals surface area contributed by atoms with Gasteiger partial charge in [0.2, 0.25) is 0 Å². The first-order chi connectivity index (χ1) is 9.29. The summed E-state index contributed by atoms with van der Waals surface area (Å²) in [7, 11) is -3.45. The molecule has 0 aliphatic rings. The second kappa shape index (κ2) is 6.49. The maximum absolute atomic E-state index is 11.7. The summed E-state index contributed by atoms with van der Waals surface area (Å²) >= 11 is 0. The summed E-state index contributed by atoms with van der Waals surface area (Å²) in [4.78, 5) is 22.5. The van der Waals surface area contributed by atoms with Gasteiger partial charge in [0.25, 0.3) is 10.1 Å². The Hall–Kier alpha value is -1.93. The van der Waals surface area contributed by atoms with Crippen LogP contribution in [0.4, 0.5) is 0 Å². The van der Waals surface area contributed by atoms with Crippen LogP contribution in [0.3, 0.4) is 0 Å². The first-order valence-corrected chi connectivity index (χ1v) is 7.11. The molecule has 8 heteroatoms. The molecule has 0 saturated heterocycles. The Bertz CT molecular complexity index is 619. The highest BCUT2D eigenvalue weighted by Crippen LogP contribution is 2.17. The highest BCUT2D eigenvalue weighted by molar-refractivity contribution is 7.85. The highest BCUT2D eigenvalue weighted by Gasteiger charge is 2.19. The van der Waals surface area contributed by atoms with E-state index < -0.39 is 27.0 Å². The molecule has 110 valence electrons. The number of esters is 2. The number of benzene rings is 1.